The van der Waals surface area contributed by atoms with Crippen LogP contribution in [0.1, 0.15) is 30.4 Å². The number of nitrogens with one attached hydrogen (secondary N) is 1. The van der Waals surface area contributed by atoms with Crippen LogP contribution in [0, 0.1) is 11.6 Å². The van der Waals surface area contributed by atoms with E-state index in [0.29, 0.717) is 24.7 Å². The molecular formula is C21H23F2NO3S. The van der Waals surface area contributed by atoms with E-state index in [1.807, 2.05) is 6.07 Å². The van der Waals surface area contributed by atoms with Crippen molar-refractivity contribution in [1.82, 2.24) is 0 Å². The number of carbonyl (C=O) groups is 1. The molecule has 1 heterocycles. The van der Waals surface area contributed by atoms with E-state index in [2.05, 4.69) is 5.32 Å². The van der Waals surface area contributed by atoms with Crippen LogP contribution in [0.25, 0.3) is 0 Å². The van der Waals surface area contributed by atoms with Gasteiger partial charge in [-0.2, -0.15) is 0 Å². The molecule has 0 aliphatic carbocycles. The van der Waals surface area contributed by atoms with Gasteiger partial charge < -0.3 is 10.1 Å². The second-order valence-electron chi connectivity index (χ2n) is 6.82. The van der Waals surface area contributed by atoms with Crippen LogP contribution in [-0.4, -0.2) is 28.6 Å². The van der Waals surface area contributed by atoms with Crippen LogP contribution in [0.15, 0.2) is 42.5 Å². The van der Waals surface area contributed by atoms with Gasteiger partial charge >= 0.3 is 0 Å². The van der Waals surface area contributed by atoms with Gasteiger partial charge in [-0.25, -0.2) is 8.78 Å². The number of anilines is 1. The van der Waals surface area contributed by atoms with Crippen LogP contribution in [-0.2, 0) is 32.5 Å². The molecule has 1 atom stereocenters. The second kappa shape index (κ2) is 9.89. The second-order valence-corrected chi connectivity index (χ2v) is 8.54. The van der Waals surface area contributed by atoms with E-state index >= 15 is 0 Å². The summed E-state index contributed by atoms with van der Waals surface area (Å²) in [5, 5.41) is 2.91. The maximum atomic E-state index is 13.6. The Labute approximate surface area is 165 Å². The summed E-state index contributed by atoms with van der Waals surface area (Å²) >= 11 is 0. The highest BCUT2D eigenvalue weighted by Gasteiger charge is 2.20. The Morgan fingerprint density at radius 1 is 1.14 bits per heavy atom. The van der Waals surface area contributed by atoms with Gasteiger partial charge in [0, 0.05) is 47.1 Å². The summed E-state index contributed by atoms with van der Waals surface area (Å²) in [5.74, 6) is -0.900. The molecule has 0 spiro atoms. The van der Waals surface area contributed by atoms with Gasteiger partial charge in [-0.1, -0.05) is 12.1 Å². The van der Waals surface area contributed by atoms with Gasteiger partial charge in [0.25, 0.3) is 0 Å². The van der Waals surface area contributed by atoms with Crippen molar-refractivity contribution in [2.24, 2.45) is 0 Å². The lowest BCUT2D eigenvalue weighted by molar-refractivity contribution is -0.116. The van der Waals surface area contributed by atoms with Crippen molar-refractivity contribution < 1.29 is 22.5 Å². The molecule has 0 saturated carbocycles. The molecular weight excluding hydrogens is 384 g/mol. The zero-order valence-electron chi connectivity index (χ0n) is 15.5. The largest absolute Gasteiger partial charge is 0.381 e. The van der Waals surface area contributed by atoms with Crippen molar-refractivity contribution in [2.45, 2.75) is 36.7 Å². The molecule has 1 aliphatic rings. The van der Waals surface area contributed by atoms with Gasteiger partial charge in [-0.05, 0) is 60.7 Å². The standard InChI is InChI=1S/C21H23F2NO3S/c22-17-5-6-20(23)16(13-17)4-7-21(25)24-18-3-1-2-15(12-18)14-28(26)19-8-10-27-11-9-19/h1-3,5-6,12-13,19H,4,7-11,14H2,(H,24,25). The third-order valence-corrected chi connectivity index (χ3v) is 6.52. The fraction of sp³-hybridized carbons (Fsp3) is 0.381. The summed E-state index contributed by atoms with van der Waals surface area (Å²) in [7, 11) is -0.982. The van der Waals surface area contributed by atoms with Crippen LogP contribution in [0.5, 0.6) is 0 Å². The van der Waals surface area contributed by atoms with Gasteiger partial charge in [-0.3, -0.25) is 9.00 Å². The fourth-order valence-corrected chi connectivity index (χ4v) is 4.63. The Kier molecular flexibility index (Phi) is 7.28. The number of benzene rings is 2. The first-order valence-corrected chi connectivity index (χ1v) is 10.7. The minimum atomic E-state index is -0.982. The zero-order valence-corrected chi connectivity index (χ0v) is 16.3. The molecule has 2 aromatic carbocycles. The Bertz CT molecular complexity index is 853. The molecule has 1 aliphatic heterocycles. The predicted octanol–water partition coefficient (Wildman–Crippen LogP) is 3.96. The van der Waals surface area contributed by atoms with Crippen LogP contribution in [0.4, 0.5) is 14.5 Å². The SMILES string of the molecule is O=C(CCc1cc(F)ccc1F)Nc1cccc(CS(=O)C2CCOCC2)c1. The molecule has 4 nitrogen and oxygen atoms in total. The Balaban J connectivity index is 1.54. The van der Waals surface area contributed by atoms with Gasteiger partial charge in [0.15, 0.2) is 0 Å². The number of carbonyl (C=O) groups excluding carboxylic acids is 1. The number of rotatable bonds is 7. The molecule has 28 heavy (non-hydrogen) atoms. The molecule has 1 N–H and O–H groups in total. The van der Waals surface area contributed by atoms with Crippen molar-refractivity contribution >= 4 is 22.4 Å². The molecule has 1 fully saturated rings. The van der Waals surface area contributed by atoms with Gasteiger partial charge in [0.1, 0.15) is 11.6 Å². The van der Waals surface area contributed by atoms with Crippen LogP contribution < -0.4 is 5.32 Å². The molecule has 1 unspecified atom stereocenters. The Morgan fingerprint density at radius 2 is 1.93 bits per heavy atom. The van der Waals surface area contributed by atoms with Gasteiger partial charge in [-0.15, -0.1) is 0 Å². The summed E-state index contributed by atoms with van der Waals surface area (Å²) in [4.78, 5) is 12.2. The summed E-state index contributed by atoms with van der Waals surface area (Å²) in [6.07, 6.45) is 1.76. The molecule has 3 rings (SSSR count). The van der Waals surface area contributed by atoms with Crippen LogP contribution in [0.2, 0.25) is 0 Å². The smallest absolute Gasteiger partial charge is 0.224 e. The molecule has 1 saturated heterocycles. The fourth-order valence-electron chi connectivity index (χ4n) is 3.17. The topological polar surface area (TPSA) is 55.4 Å². The zero-order chi connectivity index (χ0) is 19.9. The summed E-state index contributed by atoms with van der Waals surface area (Å²) < 4.78 is 44.7. The van der Waals surface area contributed by atoms with E-state index < -0.39 is 22.4 Å². The Morgan fingerprint density at radius 3 is 2.71 bits per heavy atom. The maximum Gasteiger partial charge on any atom is 0.224 e. The molecule has 0 bridgehead atoms. The van der Waals surface area contributed by atoms with E-state index in [1.54, 1.807) is 18.2 Å². The predicted molar refractivity (Wildman–Crippen MR) is 105 cm³/mol. The van der Waals surface area contributed by atoms with Crippen molar-refractivity contribution in [3.8, 4) is 0 Å². The monoisotopic (exact) mass is 407 g/mol. The number of amides is 1. The number of halogens is 2. The maximum absolute atomic E-state index is 13.6. The molecule has 150 valence electrons. The van der Waals surface area contributed by atoms with Gasteiger partial charge in [0.05, 0.1) is 0 Å². The quantitative estimate of drug-likeness (QED) is 0.756. The molecule has 7 heteroatoms. The summed E-state index contributed by atoms with van der Waals surface area (Å²) in [6.45, 7) is 1.30. The first kappa shape index (κ1) is 20.6. The number of aryl methyl sites for hydroxylation is 1. The van der Waals surface area contributed by atoms with E-state index in [-0.39, 0.29) is 29.6 Å². The minimum absolute atomic E-state index is 0.0403. The molecule has 1 amide bonds. The lowest BCUT2D eigenvalue weighted by Crippen LogP contribution is -2.25. The Hall–Kier alpha value is -2.12. The lowest BCUT2D eigenvalue weighted by atomic mass is 10.1. The number of hydrogen-bond acceptors (Lipinski definition) is 3. The molecule has 0 aromatic heterocycles. The highest BCUT2D eigenvalue weighted by Crippen LogP contribution is 2.19. The average molecular weight is 407 g/mol. The summed E-state index contributed by atoms with van der Waals surface area (Å²) in [6, 6.07) is 10.5. The first-order valence-electron chi connectivity index (χ1n) is 9.29. The van der Waals surface area contributed by atoms with E-state index in [4.69, 9.17) is 4.74 Å². The number of ether oxygens (including phenoxy) is 1. The molecule has 2 aromatic rings. The lowest BCUT2D eigenvalue weighted by Gasteiger charge is -2.21. The van der Waals surface area contributed by atoms with Crippen molar-refractivity contribution in [1.29, 1.82) is 0 Å². The summed E-state index contributed by atoms with van der Waals surface area (Å²) in [5.41, 5.74) is 1.67. The van der Waals surface area contributed by atoms with Crippen LogP contribution >= 0.6 is 0 Å². The highest BCUT2D eigenvalue weighted by atomic mass is 32.2. The minimum Gasteiger partial charge on any atom is -0.381 e. The van der Waals surface area contributed by atoms with E-state index in [0.717, 1.165) is 36.6 Å². The van der Waals surface area contributed by atoms with E-state index in [1.165, 1.54) is 0 Å². The number of hydrogen-bond donors (Lipinski definition) is 1. The average Bonchev–Trinajstić information content (AvgIpc) is 2.69. The van der Waals surface area contributed by atoms with Gasteiger partial charge in [0.2, 0.25) is 5.91 Å². The van der Waals surface area contributed by atoms with Crippen molar-refractivity contribution in [2.75, 3.05) is 18.5 Å². The van der Waals surface area contributed by atoms with Crippen molar-refractivity contribution in [3.05, 3.63) is 65.2 Å². The molecule has 0 radical (unpaired) electrons. The van der Waals surface area contributed by atoms with Crippen LogP contribution in [0.3, 0.4) is 0 Å². The highest BCUT2D eigenvalue weighted by molar-refractivity contribution is 7.84. The normalized spacial score (nSPS) is 15.9. The third kappa shape index (κ3) is 5.94. The van der Waals surface area contributed by atoms with E-state index in [9.17, 15) is 17.8 Å². The third-order valence-electron chi connectivity index (χ3n) is 4.69. The van der Waals surface area contributed by atoms with Crippen molar-refractivity contribution in [3.63, 3.8) is 0 Å². The first-order chi connectivity index (χ1) is 13.5.